The fourth-order valence-corrected chi connectivity index (χ4v) is 3.81. The molecule has 0 aliphatic heterocycles. The van der Waals surface area contributed by atoms with Gasteiger partial charge in [-0.2, -0.15) is 4.39 Å². The first-order valence-electron chi connectivity index (χ1n) is 7.72. The van der Waals surface area contributed by atoms with E-state index in [0.29, 0.717) is 23.4 Å². The maximum atomic E-state index is 13.5. The Balaban J connectivity index is 1.79. The normalized spacial score (nSPS) is 10.8. The van der Waals surface area contributed by atoms with Crippen molar-refractivity contribution in [3.8, 4) is 5.75 Å². The number of hydrogen-bond donors (Lipinski definition) is 1. The van der Waals surface area contributed by atoms with E-state index in [1.807, 2.05) is 48.5 Å². The van der Waals surface area contributed by atoms with Crippen LogP contribution in [0.15, 0.2) is 70.5 Å². The second-order valence-electron chi connectivity index (χ2n) is 5.54. The lowest BCUT2D eigenvalue weighted by Gasteiger charge is -2.11. The Hall–Kier alpha value is -2.04. The van der Waals surface area contributed by atoms with Crippen LogP contribution in [0.25, 0.3) is 0 Å². The zero-order valence-corrected chi connectivity index (χ0v) is 14.7. The van der Waals surface area contributed by atoms with E-state index in [2.05, 4.69) is 0 Å². The van der Waals surface area contributed by atoms with Gasteiger partial charge in [-0.1, -0.05) is 53.7 Å². The molecule has 25 heavy (non-hydrogen) atoms. The Bertz CT molecular complexity index is 899. The predicted molar refractivity (Wildman–Crippen MR) is 97.4 cm³/mol. The second-order valence-corrected chi connectivity index (χ2v) is 7.09. The van der Waals surface area contributed by atoms with Gasteiger partial charge in [0.1, 0.15) is 0 Å². The van der Waals surface area contributed by atoms with Gasteiger partial charge in [-0.05, 0) is 54.3 Å². The summed E-state index contributed by atoms with van der Waals surface area (Å²) >= 11 is 7.62. The number of rotatable bonds is 5. The van der Waals surface area contributed by atoms with Crippen LogP contribution in [-0.4, -0.2) is 5.11 Å². The van der Waals surface area contributed by atoms with Gasteiger partial charge in [-0.15, -0.1) is 0 Å². The number of halogens is 3. The molecule has 0 aromatic heterocycles. The predicted octanol–water partition coefficient (Wildman–Crippen LogP) is 6.26. The monoisotopic (exact) mass is 376 g/mol. The van der Waals surface area contributed by atoms with Crippen LogP contribution in [0.5, 0.6) is 5.75 Å². The standard InChI is InChI=1S/C20H15ClF2OS/c21-15-5-3-6-16(12-15)25-18-7-2-1-4-13(18)8-9-14-10-11-17(22)19(23)20(14)24/h1-7,10-12,24H,8-9H2. The highest BCUT2D eigenvalue weighted by Crippen LogP contribution is 2.33. The Morgan fingerprint density at radius 2 is 1.64 bits per heavy atom. The molecule has 0 heterocycles. The van der Waals surface area contributed by atoms with E-state index >= 15 is 0 Å². The molecule has 1 nitrogen and oxygen atoms in total. The number of hydrogen-bond acceptors (Lipinski definition) is 2. The minimum absolute atomic E-state index is 0.390. The third-order valence-electron chi connectivity index (χ3n) is 3.81. The van der Waals surface area contributed by atoms with Crippen LogP contribution in [-0.2, 0) is 12.8 Å². The molecule has 0 unspecified atom stereocenters. The van der Waals surface area contributed by atoms with E-state index in [-0.39, 0.29) is 0 Å². The Morgan fingerprint density at radius 1 is 0.880 bits per heavy atom. The maximum absolute atomic E-state index is 13.5. The van der Waals surface area contributed by atoms with Gasteiger partial charge < -0.3 is 5.11 Å². The van der Waals surface area contributed by atoms with E-state index in [1.54, 1.807) is 11.8 Å². The van der Waals surface area contributed by atoms with Crippen LogP contribution in [0.2, 0.25) is 5.02 Å². The van der Waals surface area contributed by atoms with E-state index in [0.717, 1.165) is 21.4 Å². The molecule has 1 N–H and O–H groups in total. The van der Waals surface area contributed by atoms with Crippen LogP contribution in [0, 0.1) is 11.6 Å². The highest BCUT2D eigenvalue weighted by atomic mass is 35.5. The summed E-state index contributed by atoms with van der Waals surface area (Å²) in [6.07, 6.45) is 1.01. The lowest BCUT2D eigenvalue weighted by Crippen LogP contribution is -1.96. The van der Waals surface area contributed by atoms with Gasteiger partial charge in [0.2, 0.25) is 5.82 Å². The van der Waals surface area contributed by atoms with E-state index in [4.69, 9.17) is 11.6 Å². The third kappa shape index (κ3) is 4.33. The lowest BCUT2D eigenvalue weighted by molar-refractivity contribution is 0.401. The van der Waals surface area contributed by atoms with Crippen LogP contribution in [0.4, 0.5) is 8.78 Å². The minimum atomic E-state index is -1.20. The molecule has 0 fully saturated rings. The summed E-state index contributed by atoms with van der Waals surface area (Å²) < 4.78 is 26.6. The first-order chi connectivity index (χ1) is 12.0. The first-order valence-corrected chi connectivity index (χ1v) is 8.91. The molecule has 0 bridgehead atoms. The molecule has 0 saturated carbocycles. The molecule has 3 aromatic carbocycles. The fourth-order valence-electron chi connectivity index (χ4n) is 2.52. The van der Waals surface area contributed by atoms with Crippen molar-refractivity contribution in [3.63, 3.8) is 0 Å². The Kier molecular flexibility index (Phi) is 5.61. The highest BCUT2D eigenvalue weighted by molar-refractivity contribution is 7.99. The summed E-state index contributed by atoms with van der Waals surface area (Å²) in [5, 5.41) is 10.4. The topological polar surface area (TPSA) is 20.2 Å². The number of aromatic hydroxyl groups is 1. The van der Waals surface area contributed by atoms with Crippen molar-refractivity contribution in [3.05, 3.63) is 88.4 Å². The van der Waals surface area contributed by atoms with E-state index in [9.17, 15) is 13.9 Å². The van der Waals surface area contributed by atoms with Crippen molar-refractivity contribution in [2.75, 3.05) is 0 Å². The van der Waals surface area contributed by atoms with Crippen LogP contribution < -0.4 is 0 Å². The van der Waals surface area contributed by atoms with Crippen LogP contribution in [0.3, 0.4) is 0 Å². The summed E-state index contributed by atoms with van der Waals surface area (Å²) in [5.41, 5.74) is 1.46. The number of phenols is 1. The van der Waals surface area contributed by atoms with Crippen molar-refractivity contribution in [2.24, 2.45) is 0 Å². The third-order valence-corrected chi connectivity index (χ3v) is 5.16. The molecule has 0 spiro atoms. The van der Waals surface area contributed by atoms with Crippen molar-refractivity contribution < 1.29 is 13.9 Å². The molecule has 3 aromatic rings. The molecule has 0 saturated heterocycles. The summed E-state index contributed by atoms with van der Waals surface area (Å²) in [7, 11) is 0. The van der Waals surface area contributed by atoms with E-state index in [1.165, 1.54) is 6.07 Å². The summed E-state index contributed by atoms with van der Waals surface area (Å²) in [6.45, 7) is 0. The highest BCUT2D eigenvalue weighted by Gasteiger charge is 2.13. The average molecular weight is 377 g/mol. The van der Waals surface area contributed by atoms with Gasteiger partial charge in [-0.3, -0.25) is 0 Å². The minimum Gasteiger partial charge on any atom is -0.505 e. The van der Waals surface area contributed by atoms with Crippen LogP contribution >= 0.6 is 23.4 Å². The van der Waals surface area contributed by atoms with Gasteiger partial charge in [-0.25, -0.2) is 4.39 Å². The Labute approximate surface area is 154 Å². The number of aryl methyl sites for hydroxylation is 2. The fraction of sp³-hybridized carbons (Fsp3) is 0.100. The second kappa shape index (κ2) is 7.89. The average Bonchev–Trinajstić information content (AvgIpc) is 2.60. The Morgan fingerprint density at radius 3 is 2.44 bits per heavy atom. The molecular formula is C20H15ClF2OS. The van der Waals surface area contributed by atoms with Gasteiger partial charge in [0.05, 0.1) is 0 Å². The summed E-state index contributed by atoms with van der Waals surface area (Å²) in [5.74, 6) is -2.85. The van der Waals surface area contributed by atoms with Crippen molar-refractivity contribution >= 4 is 23.4 Å². The van der Waals surface area contributed by atoms with Crippen molar-refractivity contribution in [2.45, 2.75) is 22.6 Å². The summed E-state index contributed by atoms with van der Waals surface area (Å²) in [4.78, 5) is 2.09. The quantitative estimate of drug-likeness (QED) is 0.567. The molecule has 0 aliphatic rings. The van der Waals surface area contributed by atoms with Gasteiger partial charge in [0, 0.05) is 14.8 Å². The molecule has 0 atom stereocenters. The molecule has 5 heteroatoms. The lowest BCUT2D eigenvalue weighted by atomic mass is 10.0. The molecule has 0 radical (unpaired) electrons. The van der Waals surface area contributed by atoms with Crippen LogP contribution in [0.1, 0.15) is 11.1 Å². The largest absolute Gasteiger partial charge is 0.505 e. The maximum Gasteiger partial charge on any atom is 0.200 e. The zero-order valence-electron chi connectivity index (χ0n) is 13.2. The van der Waals surface area contributed by atoms with E-state index < -0.39 is 17.4 Å². The van der Waals surface area contributed by atoms with Crippen molar-refractivity contribution in [1.29, 1.82) is 0 Å². The SMILES string of the molecule is Oc1c(CCc2ccccc2Sc2cccc(Cl)c2)ccc(F)c1F. The molecule has 0 aliphatic carbocycles. The van der Waals surface area contributed by atoms with Gasteiger partial charge >= 0.3 is 0 Å². The molecule has 3 rings (SSSR count). The molecule has 128 valence electrons. The molecular weight excluding hydrogens is 362 g/mol. The smallest absolute Gasteiger partial charge is 0.200 e. The zero-order chi connectivity index (χ0) is 17.8. The molecule has 0 amide bonds. The number of phenolic OH excluding ortho intramolecular Hbond substituents is 1. The number of benzene rings is 3. The first kappa shape index (κ1) is 17.8. The van der Waals surface area contributed by atoms with Crippen molar-refractivity contribution in [1.82, 2.24) is 0 Å². The summed E-state index contributed by atoms with van der Waals surface area (Å²) in [6, 6.07) is 17.9. The van der Waals surface area contributed by atoms with Gasteiger partial charge in [0.25, 0.3) is 0 Å². The van der Waals surface area contributed by atoms with Gasteiger partial charge in [0.15, 0.2) is 11.6 Å².